The van der Waals surface area contributed by atoms with Crippen LogP contribution >= 0.6 is 11.6 Å². The summed E-state index contributed by atoms with van der Waals surface area (Å²) in [7, 11) is 0. The van der Waals surface area contributed by atoms with E-state index in [0.717, 1.165) is 5.56 Å². The van der Waals surface area contributed by atoms with Crippen molar-refractivity contribution >= 4 is 34.3 Å². The minimum atomic E-state index is -0.268. The summed E-state index contributed by atoms with van der Waals surface area (Å²) in [5, 5.41) is 3.26. The van der Waals surface area contributed by atoms with Gasteiger partial charge >= 0.3 is 0 Å². The Kier molecular flexibility index (Phi) is 5.00. The van der Waals surface area contributed by atoms with Gasteiger partial charge in [0.25, 0.3) is 5.91 Å². The van der Waals surface area contributed by atoms with Gasteiger partial charge in [-0.3, -0.25) is 4.79 Å². The van der Waals surface area contributed by atoms with Gasteiger partial charge in [0.15, 0.2) is 5.58 Å². The predicted molar refractivity (Wildman–Crippen MR) is 110 cm³/mol. The summed E-state index contributed by atoms with van der Waals surface area (Å²) in [5.41, 5.74) is 3.28. The van der Waals surface area contributed by atoms with Crippen molar-refractivity contribution < 1.29 is 13.9 Å². The molecule has 0 aliphatic carbocycles. The summed E-state index contributed by atoms with van der Waals surface area (Å²) in [6.45, 7) is 2.38. The molecule has 0 aliphatic rings. The van der Waals surface area contributed by atoms with Gasteiger partial charge in [0.2, 0.25) is 5.89 Å². The quantitative estimate of drug-likeness (QED) is 0.466. The average Bonchev–Trinajstić information content (AvgIpc) is 3.14. The van der Waals surface area contributed by atoms with Crippen molar-refractivity contribution in [3.8, 4) is 17.2 Å². The van der Waals surface area contributed by atoms with Gasteiger partial charge in [0, 0.05) is 16.8 Å². The third-order valence-electron chi connectivity index (χ3n) is 4.16. The first kappa shape index (κ1) is 18.1. The Bertz CT molecular complexity index is 1140. The largest absolute Gasteiger partial charge is 0.492 e. The molecule has 5 nitrogen and oxygen atoms in total. The van der Waals surface area contributed by atoms with Gasteiger partial charge in [0.1, 0.15) is 11.3 Å². The number of aromatic nitrogens is 1. The maximum atomic E-state index is 12.5. The van der Waals surface area contributed by atoms with Gasteiger partial charge in [-0.1, -0.05) is 29.8 Å². The molecule has 1 amide bonds. The van der Waals surface area contributed by atoms with Gasteiger partial charge in [-0.2, -0.15) is 0 Å². The van der Waals surface area contributed by atoms with Gasteiger partial charge in [-0.25, -0.2) is 4.98 Å². The summed E-state index contributed by atoms with van der Waals surface area (Å²) in [6, 6.07) is 20.0. The molecule has 1 N–H and O–H groups in total. The van der Waals surface area contributed by atoms with Crippen LogP contribution in [0.2, 0.25) is 5.02 Å². The van der Waals surface area contributed by atoms with Crippen molar-refractivity contribution in [2.75, 3.05) is 11.9 Å². The highest BCUT2D eigenvalue weighted by molar-refractivity contribution is 6.32. The monoisotopic (exact) mass is 392 g/mol. The number of carbonyl (C=O) groups is 1. The number of nitrogens with one attached hydrogen (secondary N) is 1. The molecule has 0 spiro atoms. The van der Waals surface area contributed by atoms with Crippen molar-refractivity contribution in [3.63, 3.8) is 0 Å². The fourth-order valence-corrected chi connectivity index (χ4v) is 3.06. The number of halogens is 1. The van der Waals surface area contributed by atoms with Gasteiger partial charge in [0.05, 0.1) is 11.6 Å². The van der Waals surface area contributed by atoms with E-state index in [-0.39, 0.29) is 5.91 Å². The molecule has 6 heteroatoms. The first-order valence-electron chi connectivity index (χ1n) is 8.84. The van der Waals surface area contributed by atoms with E-state index in [1.165, 1.54) is 0 Å². The van der Waals surface area contributed by atoms with E-state index in [1.807, 2.05) is 37.3 Å². The van der Waals surface area contributed by atoms with Crippen molar-refractivity contribution in [2.45, 2.75) is 6.92 Å². The SMILES string of the molecule is CCOc1ccc(C(=O)Nc2ccc3oc(-c4ccccc4)nc3c2)cc1Cl. The fraction of sp³-hybridized carbons (Fsp3) is 0.0909. The van der Waals surface area contributed by atoms with E-state index in [2.05, 4.69) is 10.3 Å². The van der Waals surface area contributed by atoms with Crippen LogP contribution in [-0.4, -0.2) is 17.5 Å². The van der Waals surface area contributed by atoms with E-state index in [1.54, 1.807) is 36.4 Å². The zero-order valence-corrected chi connectivity index (χ0v) is 15.9. The molecule has 4 rings (SSSR count). The Labute approximate surface area is 166 Å². The lowest BCUT2D eigenvalue weighted by Crippen LogP contribution is -2.11. The van der Waals surface area contributed by atoms with Gasteiger partial charge in [-0.05, 0) is 55.5 Å². The number of oxazole rings is 1. The van der Waals surface area contributed by atoms with E-state index in [0.29, 0.717) is 45.6 Å². The molecule has 0 aliphatic heterocycles. The number of fused-ring (bicyclic) bond motifs is 1. The Morgan fingerprint density at radius 3 is 2.68 bits per heavy atom. The van der Waals surface area contributed by atoms with Crippen LogP contribution in [0.3, 0.4) is 0 Å². The first-order chi connectivity index (χ1) is 13.6. The summed E-state index contributed by atoms with van der Waals surface area (Å²) in [4.78, 5) is 17.1. The lowest BCUT2D eigenvalue weighted by molar-refractivity contribution is 0.102. The van der Waals surface area contributed by atoms with Crippen LogP contribution in [0, 0.1) is 0 Å². The van der Waals surface area contributed by atoms with Crippen molar-refractivity contribution in [2.24, 2.45) is 0 Å². The van der Waals surface area contributed by atoms with Crippen molar-refractivity contribution in [3.05, 3.63) is 77.3 Å². The van der Waals surface area contributed by atoms with E-state index in [4.69, 9.17) is 20.8 Å². The standard InChI is InChI=1S/C22H17ClN2O3/c1-2-27-19-10-8-15(12-17(19)23)21(26)24-16-9-11-20-18(13-16)25-22(28-20)14-6-4-3-5-7-14/h3-13H,2H2,1H3,(H,24,26). The molecule has 28 heavy (non-hydrogen) atoms. The molecular formula is C22H17ClN2O3. The number of carbonyl (C=O) groups excluding carboxylic acids is 1. The predicted octanol–water partition coefficient (Wildman–Crippen LogP) is 5.80. The van der Waals surface area contributed by atoms with Crippen molar-refractivity contribution in [1.82, 2.24) is 4.98 Å². The van der Waals surface area contributed by atoms with Crippen LogP contribution in [-0.2, 0) is 0 Å². The van der Waals surface area contributed by atoms with Crippen LogP contribution in [0.15, 0.2) is 71.1 Å². The normalized spacial score (nSPS) is 10.8. The number of benzene rings is 3. The molecule has 4 aromatic rings. The molecule has 140 valence electrons. The minimum Gasteiger partial charge on any atom is -0.492 e. The fourth-order valence-electron chi connectivity index (χ4n) is 2.83. The maximum absolute atomic E-state index is 12.5. The number of ether oxygens (including phenoxy) is 1. The molecule has 0 fully saturated rings. The smallest absolute Gasteiger partial charge is 0.255 e. The Balaban J connectivity index is 1.56. The number of anilines is 1. The molecule has 1 heterocycles. The van der Waals surface area contributed by atoms with E-state index in [9.17, 15) is 4.79 Å². The zero-order chi connectivity index (χ0) is 19.5. The second kappa shape index (κ2) is 7.74. The van der Waals surface area contributed by atoms with Crippen LogP contribution in [0.25, 0.3) is 22.6 Å². The number of hydrogen-bond acceptors (Lipinski definition) is 4. The molecule has 0 unspecified atom stereocenters. The van der Waals surface area contributed by atoms with Crippen LogP contribution in [0.5, 0.6) is 5.75 Å². The van der Waals surface area contributed by atoms with Crippen LogP contribution < -0.4 is 10.1 Å². The van der Waals surface area contributed by atoms with Gasteiger partial charge in [-0.15, -0.1) is 0 Å². The second-order valence-corrected chi connectivity index (χ2v) is 6.51. The third-order valence-corrected chi connectivity index (χ3v) is 4.46. The Hall–Kier alpha value is -3.31. The molecule has 0 radical (unpaired) electrons. The molecule has 0 saturated heterocycles. The number of rotatable bonds is 5. The average molecular weight is 393 g/mol. The highest BCUT2D eigenvalue weighted by atomic mass is 35.5. The number of amides is 1. The first-order valence-corrected chi connectivity index (χ1v) is 9.21. The van der Waals surface area contributed by atoms with Gasteiger partial charge < -0.3 is 14.5 Å². The zero-order valence-electron chi connectivity index (χ0n) is 15.1. The highest BCUT2D eigenvalue weighted by Gasteiger charge is 2.12. The second-order valence-electron chi connectivity index (χ2n) is 6.10. The minimum absolute atomic E-state index is 0.268. The lowest BCUT2D eigenvalue weighted by atomic mass is 10.2. The van der Waals surface area contributed by atoms with E-state index >= 15 is 0 Å². The topological polar surface area (TPSA) is 64.4 Å². The highest BCUT2D eigenvalue weighted by Crippen LogP contribution is 2.28. The summed E-state index contributed by atoms with van der Waals surface area (Å²) < 4.78 is 11.2. The number of nitrogens with zero attached hydrogens (tertiary/aromatic N) is 1. The van der Waals surface area contributed by atoms with Crippen LogP contribution in [0.4, 0.5) is 5.69 Å². The summed E-state index contributed by atoms with van der Waals surface area (Å²) in [6.07, 6.45) is 0. The maximum Gasteiger partial charge on any atom is 0.255 e. The molecular weight excluding hydrogens is 376 g/mol. The molecule has 3 aromatic carbocycles. The Morgan fingerprint density at radius 2 is 1.93 bits per heavy atom. The molecule has 0 bridgehead atoms. The van der Waals surface area contributed by atoms with Crippen LogP contribution in [0.1, 0.15) is 17.3 Å². The van der Waals surface area contributed by atoms with Crippen molar-refractivity contribution in [1.29, 1.82) is 0 Å². The summed E-state index contributed by atoms with van der Waals surface area (Å²) in [5.74, 6) is 0.826. The molecule has 0 saturated carbocycles. The molecule has 1 aromatic heterocycles. The lowest BCUT2D eigenvalue weighted by Gasteiger charge is -2.08. The number of hydrogen-bond donors (Lipinski definition) is 1. The third kappa shape index (κ3) is 3.70. The summed E-state index contributed by atoms with van der Waals surface area (Å²) >= 11 is 6.17. The molecule has 0 atom stereocenters. The van der Waals surface area contributed by atoms with E-state index < -0.39 is 0 Å². The Morgan fingerprint density at radius 1 is 1.11 bits per heavy atom.